The molecular formula is C21H10N2O2. The van der Waals surface area contributed by atoms with Gasteiger partial charge < -0.3 is 4.42 Å². The maximum Gasteiger partial charge on any atom is 0.336 e. The molecule has 0 spiro atoms. The zero-order chi connectivity index (χ0) is 17.6. The number of nitrogens with zero attached hydrogens (tertiary/aromatic N) is 2. The van der Waals surface area contributed by atoms with Crippen LogP contribution in [0.5, 0.6) is 0 Å². The molecule has 3 rings (SSSR count). The molecule has 0 saturated heterocycles. The van der Waals surface area contributed by atoms with E-state index in [-0.39, 0.29) is 5.57 Å². The summed E-state index contributed by atoms with van der Waals surface area (Å²) in [6, 6.07) is 19.4. The van der Waals surface area contributed by atoms with Crippen molar-refractivity contribution < 1.29 is 4.42 Å². The van der Waals surface area contributed by atoms with Crippen LogP contribution in [0.2, 0.25) is 0 Å². The lowest BCUT2D eigenvalue weighted by molar-refractivity contribution is 0.560. The van der Waals surface area contributed by atoms with Gasteiger partial charge in [0.25, 0.3) is 0 Å². The standard InChI is InChI=1S/C21H10N2O2/c22-13-17(14-23)12-16-6-4-15(5-7-16)8-9-18-2-1-3-19-10-11-20(24)25-21(18)19/h1-7,10-12H. The molecule has 0 aliphatic rings. The molecule has 0 aliphatic heterocycles. The molecule has 0 amide bonds. The first-order valence-electron chi connectivity index (χ1n) is 7.36. The van der Waals surface area contributed by atoms with Gasteiger partial charge in [0.05, 0.1) is 5.56 Å². The van der Waals surface area contributed by atoms with Crippen molar-refractivity contribution in [1.29, 1.82) is 10.5 Å². The summed E-state index contributed by atoms with van der Waals surface area (Å²) in [4.78, 5) is 11.4. The van der Waals surface area contributed by atoms with Gasteiger partial charge in [-0.1, -0.05) is 36.1 Å². The Kier molecular flexibility index (Phi) is 4.43. The highest BCUT2D eigenvalue weighted by Crippen LogP contribution is 2.16. The van der Waals surface area contributed by atoms with Crippen molar-refractivity contribution >= 4 is 17.0 Å². The van der Waals surface area contributed by atoms with Crippen LogP contribution in [-0.2, 0) is 0 Å². The molecule has 0 saturated carbocycles. The average molecular weight is 322 g/mol. The second-order valence-corrected chi connectivity index (χ2v) is 5.13. The van der Waals surface area contributed by atoms with Crippen molar-refractivity contribution in [3.63, 3.8) is 0 Å². The second-order valence-electron chi connectivity index (χ2n) is 5.13. The molecule has 0 unspecified atom stereocenters. The number of benzene rings is 2. The van der Waals surface area contributed by atoms with Crippen molar-refractivity contribution in [2.75, 3.05) is 0 Å². The Morgan fingerprint density at radius 2 is 1.68 bits per heavy atom. The van der Waals surface area contributed by atoms with Gasteiger partial charge in [0.2, 0.25) is 0 Å². The maximum absolute atomic E-state index is 11.4. The molecule has 4 nitrogen and oxygen atoms in total. The van der Waals surface area contributed by atoms with Crippen LogP contribution in [0, 0.1) is 34.5 Å². The Labute approximate surface area is 143 Å². The van der Waals surface area contributed by atoms with Crippen molar-refractivity contribution in [2.45, 2.75) is 0 Å². The molecule has 0 fully saturated rings. The topological polar surface area (TPSA) is 77.8 Å². The number of fused-ring (bicyclic) bond motifs is 1. The van der Waals surface area contributed by atoms with E-state index in [0.717, 1.165) is 16.5 Å². The Morgan fingerprint density at radius 3 is 2.40 bits per heavy atom. The number of hydrogen-bond acceptors (Lipinski definition) is 4. The fraction of sp³-hybridized carbons (Fsp3) is 0. The zero-order valence-electron chi connectivity index (χ0n) is 13.0. The summed E-state index contributed by atoms with van der Waals surface area (Å²) in [6.07, 6.45) is 1.51. The summed E-state index contributed by atoms with van der Waals surface area (Å²) in [5.74, 6) is 6.03. The van der Waals surface area contributed by atoms with E-state index < -0.39 is 5.63 Å². The van der Waals surface area contributed by atoms with Gasteiger partial charge in [0, 0.05) is 17.0 Å². The summed E-state index contributed by atoms with van der Waals surface area (Å²) in [5.41, 5.74) is 2.25. The third kappa shape index (κ3) is 3.64. The zero-order valence-corrected chi connectivity index (χ0v) is 13.0. The van der Waals surface area contributed by atoms with Gasteiger partial charge in [0.1, 0.15) is 17.7 Å². The molecule has 0 atom stereocenters. The van der Waals surface area contributed by atoms with E-state index in [9.17, 15) is 4.79 Å². The van der Waals surface area contributed by atoms with Gasteiger partial charge in [-0.2, -0.15) is 10.5 Å². The van der Waals surface area contributed by atoms with Crippen LogP contribution in [0.1, 0.15) is 16.7 Å². The van der Waals surface area contributed by atoms with Crippen molar-refractivity contribution in [3.05, 3.63) is 87.3 Å². The molecule has 3 aromatic rings. The summed E-state index contributed by atoms with van der Waals surface area (Å²) >= 11 is 0. The molecule has 0 N–H and O–H groups in total. The SMILES string of the molecule is N#CC(C#N)=Cc1ccc(C#Cc2cccc3ccc(=O)oc23)cc1. The fourth-order valence-corrected chi connectivity index (χ4v) is 2.25. The Bertz CT molecular complexity index is 1160. The van der Waals surface area contributed by atoms with Crippen LogP contribution in [0.15, 0.2) is 69.4 Å². The molecule has 4 heteroatoms. The quantitative estimate of drug-likeness (QED) is 0.389. The van der Waals surface area contributed by atoms with Gasteiger partial charge in [-0.15, -0.1) is 0 Å². The van der Waals surface area contributed by atoms with Crippen LogP contribution in [0.3, 0.4) is 0 Å². The summed E-state index contributed by atoms with van der Waals surface area (Å²) < 4.78 is 5.24. The van der Waals surface area contributed by atoms with Gasteiger partial charge in [-0.3, -0.25) is 0 Å². The fourth-order valence-electron chi connectivity index (χ4n) is 2.25. The maximum atomic E-state index is 11.4. The second kappa shape index (κ2) is 7.01. The minimum absolute atomic E-state index is 0.0459. The molecular weight excluding hydrogens is 312 g/mol. The van der Waals surface area contributed by atoms with E-state index in [0.29, 0.717) is 11.1 Å². The predicted molar refractivity (Wildman–Crippen MR) is 94.1 cm³/mol. The lowest BCUT2D eigenvalue weighted by atomic mass is 10.1. The van der Waals surface area contributed by atoms with Crippen molar-refractivity contribution in [3.8, 4) is 24.0 Å². The molecule has 2 aromatic carbocycles. The summed E-state index contributed by atoms with van der Waals surface area (Å²) in [6.45, 7) is 0. The number of para-hydroxylation sites is 1. The molecule has 0 bridgehead atoms. The predicted octanol–water partition coefficient (Wildman–Crippen LogP) is 3.62. The number of allylic oxidation sites excluding steroid dienone is 1. The van der Waals surface area contributed by atoms with E-state index in [1.165, 1.54) is 12.1 Å². The minimum atomic E-state index is -0.413. The third-order valence-electron chi connectivity index (χ3n) is 3.45. The molecule has 0 radical (unpaired) electrons. The first kappa shape index (κ1) is 15.8. The van der Waals surface area contributed by atoms with Crippen LogP contribution in [-0.4, -0.2) is 0 Å². The largest absolute Gasteiger partial charge is 0.421 e. The van der Waals surface area contributed by atoms with E-state index >= 15 is 0 Å². The molecule has 116 valence electrons. The smallest absolute Gasteiger partial charge is 0.336 e. The van der Waals surface area contributed by atoms with Gasteiger partial charge >= 0.3 is 5.63 Å². The van der Waals surface area contributed by atoms with Crippen molar-refractivity contribution in [1.82, 2.24) is 0 Å². The highest BCUT2D eigenvalue weighted by molar-refractivity contribution is 5.82. The van der Waals surface area contributed by atoms with Crippen LogP contribution in [0.25, 0.3) is 17.0 Å². The van der Waals surface area contributed by atoms with Crippen LogP contribution < -0.4 is 5.63 Å². The third-order valence-corrected chi connectivity index (χ3v) is 3.45. The van der Waals surface area contributed by atoms with Crippen LogP contribution in [0.4, 0.5) is 0 Å². The van der Waals surface area contributed by atoms with Gasteiger partial charge in [-0.25, -0.2) is 4.79 Å². The number of rotatable bonds is 1. The highest BCUT2D eigenvalue weighted by Gasteiger charge is 2.01. The molecule has 1 aromatic heterocycles. The molecule has 25 heavy (non-hydrogen) atoms. The molecule has 1 heterocycles. The van der Waals surface area contributed by atoms with Gasteiger partial charge in [0.15, 0.2) is 5.58 Å². The van der Waals surface area contributed by atoms with Gasteiger partial charge in [-0.05, 0) is 35.9 Å². The van der Waals surface area contributed by atoms with Crippen molar-refractivity contribution in [2.24, 2.45) is 0 Å². The first-order chi connectivity index (χ1) is 12.2. The Morgan fingerprint density at radius 1 is 0.920 bits per heavy atom. The Hall–Kier alpha value is -4.07. The first-order valence-corrected chi connectivity index (χ1v) is 7.36. The minimum Gasteiger partial charge on any atom is -0.421 e. The lowest BCUT2D eigenvalue weighted by Crippen LogP contribution is -1.95. The number of nitriles is 2. The van der Waals surface area contributed by atoms with E-state index in [1.807, 2.05) is 24.3 Å². The lowest BCUT2D eigenvalue weighted by Gasteiger charge is -1.98. The number of hydrogen-bond donors (Lipinski definition) is 0. The summed E-state index contributed by atoms with van der Waals surface area (Å²) in [7, 11) is 0. The molecule has 0 aliphatic carbocycles. The highest BCUT2D eigenvalue weighted by atomic mass is 16.4. The average Bonchev–Trinajstić information content (AvgIpc) is 2.65. The van der Waals surface area contributed by atoms with E-state index in [4.69, 9.17) is 14.9 Å². The Balaban J connectivity index is 1.94. The summed E-state index contributed by atoms with van der Waals surface area (Å²) in [5, 5.41) is 18.3. The van der Waals surface area contributed by atoms with E-state index in [2.05, 4.69) is 11.8 Å². The van der Waals surface area contributed by atoms with Crippen LogP contribution >= 0.6 is 0 Å². The van der Waals surface area contributed by atoms with E-state index in [1.54, 1.807) is 36.4 Å². The normalized spacial score (nSPS) is 9.36. The monoisotopic (exact) mass is 322 g/mol.